The molecule has 33 heavy (non-hydrogen) atoms. The zero-order valence-electron chi connectivity index (χ0n) is 18.3. The molecule has 3 rings (SSSR count). The van der Waals surface area contributed by atoms with Crippen LogP contribution < -0.4 is 5.32 Å². The molecule has 0 fully saturated rings. The lowest BCUT2D eigenvalue weighted by Crippen LogP contribution is -2.57. The molecular weight excluding hydrogens is 515 g/mol. The third-order valence-electron chi connectivity index (χ3n) is 5.34. The fraction of sp³-hybridized carbons (Fsp3) is 0.417. The van der Waals surface area contributed by atoms with Crippen LogP contribution in [-0.4, -0.2) is 46.4 Å². The number of hydrogen-bond acceptors (Lipinski definition) is 4. The first-order valence-electron chi connectivity index (χ1n) is 10.5. The van der Waals surface area contributed by atoms with Gasteiger partial charge in [-0.25, -0.2) is 0 Å². The number of halogens is 4. The lowest BCUT2D eigenvalue weighted by Gasteiger charge is -2.36. The highest BCUT2D eigenvalue weighted by molar-refractivity contribution is 9.10. The third-order valence-corrected chi connectivity index (χ3v) is 6.91. The van der Waals surface area contributed by atoms with Gasteiger partial charge in [0.05, 0.1) is 23.8 Å². The van der Waals surface area contributed by atoms with Crippen molar-refractivity contribution in [2.24, 2.45) is 10.9 Å². The zero-order valence-corrected chi connectivity index (χ0v) is 20.7. The maximum absolute atomic E-state index is 14.8. The van der Waals surface area contributed by atoms with E-state index in [1.54, 1.807) is 18.2 Å². The molecule has 0 saturated carbocycles. The van der Waals surface area contributed by atoms with Crippen molar-refractivity contribution in [2.75, 3.05) is 18.1 Å². The summed E-state index contributed by atoms with van der Waals surface area (Å²) < 4.78 is 57.7. The number of alkyl halides is 3. The van der Waals surface area contributed by atoms with Crippen molar-refractivity contribution in [3.63, 3.8) is 0 Å². The molecule has 0 bridgehead atoms. The summed E-state index contributed by atoms with van der Waals surface area (Å²) in [5.41, 5.74) is -2.38. The first-order chi connectivity index (χ1) is 15.5. The van der Waals surface area contributed by atoms with Gasteiger partial charge in [0.25, 0.3) is 0 Å². The minimum absolute atomic E-state index is 0.00352. The molecule has 3 atom stereocenters. The molecular formula is C24H25BrF3N3OS. The van der Waals surface area contributed by atoms with E-state index in [1.165, 1.54) is 12.1 Å². The molecule has 0 saturated heterocycles. The molecule has 2 aromatic carbocycles. The molecule has 9 heteroatoms. The summed E-state index contributed by atoms with van der Waals surface area (Å²) in [6.45, 7) is 3.88. The van der Waals surface area contributed by atoms with Crippen molar-refractivity contribution in [2.45, 2.75) is 38.0 Å². The molecule has 0 aliphatic carbocycles. The molecule has 0 amide bonds. The summed E-state index contributed by atoms with van der Waals surface area (Å²) in [5.74, 6) is 4.83. The van der Waals surface area contributed by atoms with Crippen LogP contribution in [0.3, 0.4) is 0 Å². The summed E-state index contributed by atoms with van der Waals surface area (Å²) in [7, 11) is -1.54. The van der Waals surface area contributed by atoms with Gasteiger partial charge in [0.2, 0.25) is 5.54 Å². The third kappa shape index (κ3) is 6.11. The Morgan fingerprint density at radius 2 is 2.00 bits per heavy atom. The van der Waals surface area contributed by atoms with E-state index in [1.807, 2.05) is 19.9 Å². The second kappa shape index (κ2) is 10.5. The van der Waals surface area contributed by atoms with Crippen molar-refractivity contribution >= 4 is 49.4 Å². The van der Waals surface area contributed by atoms with Crippen LogP contribution >= 0.6 is 15.9 Å². The molecule has 1 aliphatic rings. The van der Waals surface area contributed by atoms with Gasteiger partial charge in [-0.3, -0.25) is 14.5 Å². The number of benzene rings is 2. The molecule has 2 N–H and O–H groups in total. The Kier molecular flexibility index (Phi) is 8.14. The van der Waals surface area contributed by atoms with Gasteiger partial charge in [0, 0.05) is 27.5 Å². The highest BCUT2D eigenvalue weighted by Crippen LogP contribution is 2.41. The first kappa shape index (κ1) is 25.6. The number of nitrogens with zero attached hydrogens (tertiary/aromatic N) is 1. The van der Waals surface area contributed by atoms with E-state index in [4.69, 9.17) is 5.41 Å². The van der Waals surface area contributed by atoms with Crippen LogP contribution in [-0.2, 0) is 16.3 Å². The van der Waals surface area contributed by atoms with E-state index in [0.29, 0.717) is 17.5 Å². The predicted molar refractivity (Wildman–Crippen MR) is 132 cm³/mol. The molecule has 4 nitrogen and oxygen atoms in total. The van der Waals surface area contributed by atoms with Crippen LogP contribution in [0.4, 0.5) is 13.2 Å². The Hall–Kier alpha value is -2.02. The van der Waals surface area contributed by atoms with Crippen LogP contribution in [0.5, 0.6) is 0 Å². The summed E-state index contributed by atoms with van der Waals surface area (Å²) in [4.78, 5) is 4.32. The number of aliphatic imine (C=N–C) groups is 1. The van der Waals surface area contributed by atoms with E-state index in [9.17, 15) is 17.4 Å². The molecule has 2 aromatic rings. The fourth-order valence-corrected chi connectivity index (χ4v) is 5.06. The molecule has 0 aromatic heterocycles. The SMILES string of the molecule is CC(C)C[C@H]1CN=C(C=N)CS(=O)CC#C[C@](c2ccc3cc(Br)ccc3c2)(C(F)(F)F)N1. The molecule has 1 aliphatic heterocycles. The van der Waals surface area contributed by atoms with Gasteiger partial charge in [-0.15, -0.1) is 0 Å². The van der Waals surface area contributed by atoms with E-state index in [2.05, 4.69) is 38.1 Å². The maximum Gasteiger partial charge on any atom is 0.422 e. The minimum atomic E-state index is -4.75. The van der Waals surface area contributed by atoms with Crippen molar-refractivity contribution in [1.29, 1.82) is 5.41 Å². The lowest BCUT2D eigenvalue weighted by atomic mass is 9.86. The van der Waals surface area contributed by atoms with Crippen LogP contribution in [0.1, 0.15) is 25.8 Å². The highest BCUT2D eigenvalue weighted by Gasteiger charge is 2.56. The number of fused-ring (bicyclic) bond motifs is 1. The summed E-state index contributed by atoms with van der Waals surface area (Å²) in [6, 6.07) is 9.33. The van der Waals surface area contributed by atoms with E-state index in [0.717, 1.165) is 16.1 Å². The Labute approximate surface area is 202 Å². The predicted octanol–water partition coefficient (Wildman–Crippen LogP) is 5.22. The van der Waals surface area contributed by atoms with Crippen LogP contribution in [0.25, 0.3) is 10.8 Å². The fourth-order valence-electron chi connectivity index (χ4n) is 3.84. The normalized spacial score (nSPS) is 24.5. The monoisotopic (exact) mass is 539 g/mol. The summed E-state index contributed by atoms with van der Waals surface area (Å²) >= 11 is 3.39. The average molecular weight is 540 g/mol. The topological polar surface area (TPSA) is 65.3 Å². The second-order valence-electron chi connectivity index (χ2n) is 8.43. The molecule has 176 valence electrons. The molecule has 0 radical (unpaired) electrons. The molecule has 1 heterocycles. The van der Waals surface area contributed by atoms with Crippen molar-refractivity contribution < 1.29 is 17.4 Å². The number of rotatable bonds is 4. The van der Waals surface area contributed by atoms with Crippen LogP contribution in [0.15, 0.2) is 45.9 Å². The molecule has 0 spiro atoms. The van der Waals surface area contributed by atoms with E-state index >= 15 is 0 Å². The van der Waals surface area contributed by atoms with Gasteiger partial charge in [-0.05, 0) is 46.9 Å². The van der Waals surface area contributed by atoms with Gasteiger partial charge in [0.1, 0.15) is 0 Å². The van der Waals surface area contributed by atoms with Crippen molar-refractivity contribution in [1.82, 2.24) is 5.32 Å². The maximum atomic E-state index is 14.8. The Morgan fingerprint density at radius 3 is 2.67 bits per heavy atom. The number of nitrogens with one attached hydrogen (secondary N) is 2. The van der Waals surface area contributed by atoms with Gasteiger partial charge >= 0.3 is 6.18 Å². The number of hydrogen-bond donors (Lipinski definition) is 2. The quantitative estimate of drug-likeness (QED) is 0.413. The highest BCUT2D eigenvalue weighted by atomic mass is 79.9. The van der Waals surface area contributed by atoms with Crippen LogP contribution in [0, 0.1) is 23.2 Å². The van der Waals surface area contributed by atoms with Gasteiger partial charge in [-0.1, -0.05) is 59.8 Å². The average Bonchev–Trinajstić information content (AvgIpc) is 2.76. The van der Waals surface area contributed by atoms with Gasteiger partial charge < -0.3 is 5.41 Å². The standard InChI is InChI=1S/C24H25BrF3N3OS/c1-16(2)10-21-14-30-22(13-29)15-33(32)9-3-8-23(31-21,24(26,27)28)19-6-4-18-12-20(25)7-5-17(18)11-19/h4-7,11-13,16,21,29,31H,9-10,14-15H2,1-2H3/t21-,23-,33?/m0/s1. The smallest absolute Gasteiger partial charge is 0.307 e. The Morgan fingerprint density at radius 1 is 1.30 bits per heavy atom. The van der Waals surface area contributed by atoms with Crippen LogP contribution in [0.2, 0.25) is 0 Å². The first-order valence-corrected chi connectivity index (χ1v) is 12.7. The zero-order chi connectivity index (χ0) is 24.2. The van der Waals surface area contributed by atoms with Gasteiger partial charge in [0.15, 0.2) is 0 Å². The van der Waals surface area contributed by atoms with E-state index < -0.39 is 28.6 Å². The lowest BCUT2D eigenvalue weighted by molar-refractivity contribution is -0.184. The summed E-state index contributed by atoms with van der Waals surface area (Å²) in [5, 5.41) is 11.8. The second-order valence-corrected chi connectivity index (χ2v) is 10.8. The summed E-state index contributed by atoms with van der Waals surface area (Å²) in [6.07, 6.45) is -3.31. The molecule has 1 unspecified atom stereocenters. The van der Waals surface area contributed by atoms with Crippen molar-refractivity contribution in [3.8, 4) is 11.8 Å². The Bertz CT molecular complexity index is 1150. The minimum Gasteiger partial charge on any atom is -0.307 e. The van der Waals surface area contributed by atoms with Crippen molar-refractivity contribution in [3.05, 3.63) is 46.4 Å². The van der Waals surface area contributed by atoms with E-state index in [-0.39, 0.29) is 29.5 Å². The largest absolute Gasteiger partial charge is 0.422 e. The Balaban J connectivity index is 2.21. The van der Waals surface area contributed by atoms with Gasteiger partial charge in [-0.2, -0.15) is 13.2 Å².